The lowest BCUT2D eigenvalue weighted by Crippen LogP contribution is -2.27. The molecule has 2 bridgehead atoms. The molecular weight excluding hydrogens is 268 g/mol. The predicted molar refractivity (Wildman–Crippen MR) is 77.1 cm³/mol. The Bertz CT molecular complexity index is 541. The van der Waals surface area contributed by atoms with Crippen LogP contribution in [-0.4, -0.2) is 28.5 Å². The zero-order chi connectivity index (χ0) is 14.8. The first-order valence-corrected chi connectivity index (χ1v) is 7.61. The summed E-state index contributed by atoms with van der Waals surface area (Å²) >= 11 is 0. The molecule has 0 radical (unpaired) electrons. The molecule has 0 aliphatic heterocycles. The third-order valence-electron chi connectivity index (χ3n) is 4.93. The van der Waals surface area contributed by atoms with Crippen LogP contribution in [0.4, 0.5) is 0 Å². The molecule has 2 fully saturated rings. The molecule has 21 heavy (non-hydrogen) atoms. The third kappa shape index (κ3) is 3.06. The number of carbonyl (C=O) groups is 2. The standard InChI is InChI=1S/C16H20N2O3/c19-15(13-3-4-14(16(20)21)18-9-13)17-6-5-12-8-10-1-2-11(12)7-10/h3-4,9-12H,1-2,5-8H2,(H,17,19)(H,20,21). The molecular formula is C16H20N2O3. The predicted octanol–water partition coefficient (Wildman–Crippen LogP) is 2.34. The number of nitrogens with one attached hydrogen (secondary N) is 1. The second kappa shape index (κ2) is 5.84. The van der Waals surface area contributed by atoms with Crippen molar-refractivity contribution in [2.24, 2.45) is 17.8 Å². The van der Waals surface area contributed by atoms with Gasteiger partial charge < -0.3 is 10.4 Å². The summed E-state index contributed by atoms with van der Waals surface area (Å²) in [6.45, 7) is 0.688. The highest BCUT2D eigenvalue weighted by molar-refractivity contribution is 5.94. The van der Waals surface area contributed by atoms with Gasteiger partial charge in [0.05, 0.1) is 5.56 Å². The molecule has 112 valence electrons. The van der Waals surface area contributed by atoms with Gasteiger partial charge in [-0.15, -0.1) is 0 Å². The van der Waals surface area contributed by atoms with Gasteiger partial charge in [-0.25, -0.2) is 9.78 Å². The number of pyridine rings is 1. The topological polar surface area (TPSA) is 79.3 Å². The Labute approximate surface area is 123 Å². The average molecular weight is 288 g/mol. The molecule has 2 aliphatic rings. The van der Waals surface area contributed by atoms with E-state index < -0.39 is 5.97 Å². The summed E-state index contributed by atoms with van der Waals surface area (Å²) < 4.78 is 0. The summed E-state index contributed by atoms with van der Waals surface area (Å²) in [4.78, 5) is 26.4. The summed E-state index contributed by atoms with van der Waals surface area (Å²) in [6.07, 6.45) is 7.84. The lowest BCUT2D eigenvalue weighted by Gasteiger charge is -2.21. The monoisotopic (exact) mass is 288 g/mol. The highest BCUT2D eigenvalue weighted by atomic mass is 16.4. The average Bonchev–Trinajstić information content (AvgIpc) is 3.10. The molecule has 0 spiro atoms. The molecule has 1 heterocycles. The van der Waals surface area contributed by atoms with Gasteiger partial charge in [0.1, 0.15) is 5.69 Å². The van der Waals surface area contributed by atoms with Crippen molar-refractivity contribution < 1.29 is 14.7 Å². The Morgan fingerprint density at radius 3 is 2.71 bits per heavy atom. The zero-order valence-electron chi connectivity index (χ0n) is 11.9. The molecule has 3 rings (SSSR count). The highest BCUT2D eigenvalue weighted by Crippen LogP contribution is 2.49. The Hall–Kier alpha value is -1.91. The molecule has 0 aromatic carbocycles. The number of hydrogen-bond donors (Lipinski definition) is 2. The Balaban J connectivity index is 1.46. The van der Waals surface area contributed by atoms with Crippen LogP contribution in [-0.2, 0) is 0 Å². The maximum absolute atomic E-state index is 12.0. The van der Waals surface area contributed by atoms with Crippen molar-refractivity contribution in [3.8, 4) is 0 Å². The van der Waals surface area contributed by atoms with Crippen molar-refractivity contribution in [2.45, 2.75) is 32.1 Å². The molecule has 1 amide bonds. The SMILES string of the molecule is O=C(NCCC1CC2CCC1C2)c1ccc(C(=O)O)nc1. The normalized spacial score (nSPS) is 26.8. The minimum absolute atomic E-state index is 0.0477. The molecule has 2 N–H and O–H groups in total. The van der Waals surface area contributed by atoms with Crippen LogP contribution < -0.4 is 5.32 Å². The van der Waals surface area contributed by atoms with Gasteiger partial charge in [-0.2, -0.15) is 0 Å². The second-order valence-electron chi connectivity index (χ2n) is 6.22. The van der Waals surface area contributed by atoms with E-state index in [1.165, 1.54) is 44.0 Å². The molecule has 5 heteroatoms. The van der Waals surface area contributed by atoms with Crippen LogP contribution in [0, 0.1) is 17.8 Å². The van der Waals surface area contributed by atoms with Gasteiger partial charge in [-0.3, -0.25) is 4.79 Å². The number of rotatable bonds is 5. The van der Waals surface area contributed by atoms with Crippen LogP contribution in [0.15, 0.2) is 18.3 Å². The van der Waals surface area contributed by atoms with E-state index in [1.54, 1.807) is 0 Å². The number of amides is 1. The van der Waals surface area contributed by atoms with Crippen molar-refractivity contribution in [1.29, 1.82) is 0 Å². The summed E-state index contributed by atoms with van der Waals surface area (Å²) in [6, 6.07) is 2.86. The van der Waals surface area contributed by atoms with E-state index in [9.17, 15) is 9.59 Å². The van der Waals surface area contributed by atoms with Crippen LogP contribution in [0.3, 0.4) is 0 Å². The zero-order valence-corrected chi connectivity index (χ0v) is 11.9. The van der Waals surface area contributed by atoms with Gasteiger partial charge in [0, 0.05) is 12.7 Å². The highest BCUT2D eigenvalue weighted by Gasteiger charge is 2.38. The lowest BCUT2D eigenvalue weighted by molar-refractivity contribution is 0.0689. The molecule has 2 saturated carbocycles. The summed E-state index contributed by atoms with van der Waals surface area (Å²) in [5.41, 5.74) is 0.362. The van der Waals surface area contributed by atoms with E-state index in [2.05, 4.69) is 10.3 Å². The summed E-state index contributed by atoms with van der Waals surface area (Å²) in [7, 11) is 0. The van der Waals surface area contributed by atoms with Crippen LogP contribution in [0.1, 0.15) is 53.0 Å². The summed E-state index contributed by atoms with van der Waals surface area (Å²) in [5.74, 6) is 1.32. The van der Waals surface area contributed by atoms with Gasteiger partial charge in [0.15, 0.2) is 0 Å². The molecule has 2 aliphatic carbocycles. The molecule has 0 saturated heterocycles. The number of fused-ring (bicyclic) bond motifs is 2. The third-order valence-corrected chi connectivity index (χ3v) is 4.93. The Morgan fingerprint density at radius 1 is 1.29 bits per heavy atom. The van der Waals surface area contributed by atoms with Crippen LogP contribution >= 0.6 is 0 Å². The number of carbonyl (C=O) groups excluding carboxylic acids is 1. The van der Waals surface area contributed by atoms with Gasteiger partial charge in [-0.1, -0.05) is 6.42 Å². The summed E-state index contributed by atoms with van der Waals surface area (Å²) in [5, 5.41) is 11.7. The first-order chi connectivity index (χ1) is 10.1. The Morgan fingerprint density at radius 2 is 2.14 bits per heavy atom. The van der Waals surface area contributed by atoms with Crippen molar-refractivity contribution >= 4 is 11.9 Å². The van der Waals surface area contributed by atoms with Gasteiger partial charge in [0.25, 0.3) is 5.91 Å². The fraction of sp³-hybridized carbons (Fsp3) is 0.562. The molecule has 3 atom stereocenters. The quantitative estimate of drug-likeness (QED) is 0.871. The smallest absolute Gasteiger partial charge is 0.354 e. The Kier molecular flexibility index (Phi) is 3.90. The molecule has 1 aromatic heterocycles. The lowest BCUT2D eigenvalue weighted by atomic mass is 9.86. The van der Waals surface area contributed by atoms with Crippen molar-refractivity contribution in [3.05, 3.63) is 29.6 Å². The van der Waals surface area contributed by atoms with E-state index in [0.29, 0.717) is 12.1 Å². The molecule has 3 unspecified atom stereocenters. The molecule has 5 nitrogen and oxygen atoms in total. The van der Waals surface area contributed by atoms with Crippen LogP contribution in [0.25, 0.3) is 0 Å². The maximum atomic E-state index is 12.0. The van der Waals surface area contributed by atoms with Crippen molar-refractivity contribution in [2.75, 3.05) is 6.54 Å². The number of aromatic carboxylic acids is 1. The van der Waals surface area contributed by atoms with Gasteiger partial charge >= 0.3 is 5.97 Å². The molecule has 1 aromatic rings. The first kappa shape index (κ1) is 14.0. The fourth-order valence-corrected chi connectivity index (χ4v) is 3.86. The van der Waals surface area contributed by atoms with Crippen LogP contribution in [0.2, 0.25) is 0 Å². The number of nitrogens with zero attached hydrogens (tertiary/aromatic N) is 1. The second-order valence-corrected chi connectivity index (χ2v) is 6.22. The fourth-order valence-electron chi connectivity index (χ4n) is 3.86. The van der Waals surface area contributed by atoms with Crippen LogP contribution in [0.5, 0.6) is 0 Å². The van der Waals surface area contributed by atoms with E-state index in [-0.39, 0.29) is 11.6 Å². The van der Waals surface area contributed by atoms with Gasteiger partial charge in [-0.05, 0) is 55.6 Å². The number of aromatic nitrogens is 1. The number of hydrogen-bond acceptors (Lipinski definition) is 3. The van der Waals surface area contributed by atoms with E-state index >= 15 is 0 Å². The minimum atomic E-state index is -1.08. The minimum Gasteiger partial charge on any atom is -0.477 e. The van der Waals surface area contributed by atoms with Crippen molar-refractivity contribution in [1.82, 2.24) is 10.3 Å². The van der Waals surface area contributed by atoms with E-state index in [4.69, 9.17) is 5.11 Å². The van der Waals surface area contributed by atoms with E-state index in [0.717, 1.165) is 24.2 Å². The number of carboxylic acids is 1. The largest absolute Gasteiger partial charge is 0.477 e. The van der Waals surface area contributed by atoms with Gasteiger partial charge in [0.2, 0.25) is 0 Å². The first-order valence-electron chi connectivity index (χ1n) is 7.61. The maximum Gasteiger partial charge on any atom is 0.354 e. The van der Waals surface area contributed by atoms with Crippen molar-refractivity contribution in [3.63, 3.8) is 0 Å². The number of carboxylic acid groups (broad SMARTS) is 1. The van der Waals surface area contributed by atoms with E-state index in [1.807, 2.05) is 0 Å².